The molecule has 2 unspecified atom stereocenters. The van der Waals surface area contributed by atoms with Crippen molar-refractivity contribution in [2.45, 2.75) is 57.5 Å². The Labute approximate surface area is 93.7 Å². The van der Waals surface area contributed by atoms with E-state index in [1.54, 1.807) is 0 Å². The molecule has 1 aliphatic carbocycles. The number of hydrogen-bond donors (Lipinski definition) is 1. The van der Waals surface area contributed by atoms with Crippen LogP contribution in [0.15, 0.2) is 0 Å². The van der Waals surface area contributed by atoms with E-state index in [2.05, 4.69) is 4.90 Å². The summed E-state index contributed by atoms with van der Waals surface area (Å²) in [6, 6.07) is 0. The normalized spacial score (nSPS) is 35.0. The molecule has 2 heteroatoms. The minimum absolute atomic E-state index is 0.0120. The van der Waals surface area contributed by atoms with Gasteiger partial charge in [0.2, 0.25) is 0 Å². The van der Waals surface area contributed by atoms with Crippen LogP contribution in [0.3, 0.4) is 0 Å². The van der Waals surface area contributed by atoms with Crippen LogP contribution in [0.1, 0.15) is 51.4 Å². The molecule has 0 aromatic rings. The number of rotatable bonds is 2. The summed E-state index contributed by atoms with van der Waals surface area (Å²) in [6.07, 6.45) is 10.4. The van der Waals surface area contributed by atoms with Crippen LogP contribution in [0, 0.1) is 5.92 Å². The van der Waals surface area contributed by atoms with Gasteiger partial charge in [-0.15, -0.1) is 0 Å². The second kappa shape index (κ2) is 5.86. The van der Waals surface area contributed by atoms with Gasteiger partial charge < -0.3 is 10.0 Å². The van der Waals surface area contributed by atoms with Gasteiger partial charge in [0, 0.05) is 6.54 Å². The van der Waals surface area contributed by atoms with Gasteiger partial charge in [-0.1, -0.05) is 25.7 Å². The minimum atomic E-state index is -0.0120. The van der Waals surface area contributed by atoms with Crippen molar-refractivity contribution in [3.8, 4) is 0 Å². The first-order valence-electron chi connectivity index (χ1n) is 6.76. The van der Waals surface area contributed by atoms with Gasteiger partial charge in [0.1, 0.15) is 0 Å². The quantitative estimate of drug-likeness (QED) is 0.758. The van der Waals surface area contributed by atoms with E-state index in [0.29, 0.717) is 5.92 Å². The zero-order chi connectivity index (χ0) is 10.5. The van der Waals surface area contributed by atoms with Gasteiger partial charge in [-0.05, 0) is 44.7 Å². The first-order valence-corrected chi connectivity index (χ1v) is 6.76. The maximum atomic E-state index is 9.94. The Morgan fingerprint density at radius 3 is 2.20 bits per heavy atom. The lowest BCUT2D eigenvalue weighted by Crippen LogP contribution is -2.37. The molecule has 1 N–H and O–H groups in total. The summed E-state index contributed by atoms with van der Waals surface area (Å²) in [5.74, 6) is 0.567. The maximum Gasteiger partial charge on any atom is 0.0580 e. The van der Waals surface area contributed by atoms with Gasteiger partial charge in [-0.25, -0.2) is 0 Å². The molecule has 15 heavy (non-hydrogen) atoms. The zero-order valence-electron chi connectivity index (χ0n) is 9.83. The highest BCUT2D eigenvalue weighted by Crippen LogP contribution is 2.25. The van der Waals surface area contributed by atoms with Gasteiger partial charge in [0.15, 0.2) is 0 Å². The van der Waals surface area contributed by atoms with E-state index in [1.807, 2.05) is 0 Å². The topological polar surface area (TPSA) is 23.5 Å². The summed E-state index contributed by atoms with van der Waals surface area (Å²) >= 11 is 0. The van der Waals surface area contributed by atoms with Crippen molar-refractivity contribution < 1.29 is 5.11 Å². The Balaban J connectivity index is 1.78. The predicted octanol–water partition coefficient (Wildman–Crippen LogP) is 2.41. The van der Waals surface area contributed by atoms with Crippen molar-refractivity contribution in [2.24, 2.45) is 5.92 Å². The second-order valence-electron chi connectivity index (χ2n) is 5.33. The highest BCUT2D eigenvalue weighted by Gasteiger charge is 2.25. The SMILES string of the molecule is OC1CCCCC1CN1CCCCCC1. The molecule has 0 aromatic carbocycles. The molecule has 2 aliphatic rings. The molecule has 0 spiro atoms. The van der Waals surface area contributed by atoms with E-state index in [9.17, 15) is 5.11 Å². The molecule has 1 aliphatic heterocycles. The summed E-state index contributed by atoms with van der Waals surface area (Å²) in [4.78, 5) is 2.59. The zero-order valence-corrected chi connectivity index (χ0v) is 9.83. The lowest BCUT2D eigenvalue weighted by molar-refractivity contribution is 0.0471. The highest BCUT2D eigenvalue weighted by atomic mass is 16.3. The van der Waals surface area contributed by atoms with Crippen LogP contribution >= 0.6 is 0 Å². The third-order valence-electron chi connectivity index (χ3n) is 4.06. The first kappa shape index (κ1) is 11.4. The third-order valence-corrected chi connectivity index (χ3v) is 4.06. The van der Waals surface area contributed by atoms with Crippen molar-refractivity contribution in [1.29, 1.82) is 0 Å². The summed E-state index contributed by atoms with van der Waals surface area (Å²) in [6.45, 7) is 3.69. The molecule has 0 amide bonds. The molecule has 1 heterocycles. The summed E-state index contributed by atoms with van der Waals surface area (Å²) in [5.41, 5.74) is 0. The van der Waals surface area contributed by atoms with Gasteiger partial charge in [0.05, 0.1) is 6.10 Å². The molecule has 0 radical (unpaired) electrons. The Morgan fingerprint density at radius 2 is 1.53 bits per heavy atom. The standard InChI is InChI=1S/C13H25NO/c15-13-8-4-3-7-12(13)11-14-9-5-1-2-6-10-14/h12-13,15H,1-11H2. The fourth-order valence-corrected chi connectivity index (χ4v) is 3.05. The van der Waals surface area contributed by atoms with Crippen LogP contribution in [0.5, 0.6) is 0 Å². The largest absolute Gasteiger partial charge is 0.393 e. The van der Waals surface area contributed by atoms with Crippen LogP contribution in [0.25, 0.3) is 0 Å². The van der Waals surface area contributed by atoms with Crippen LogP contribution < -0.4 is 0 Å². The Morgan fingerprint density at radius 1 is 0.867 bits per heavy atom. The molecule has 2 nitrogen and oxygen atoms in total. The molecule has 1 saturated carbocycles. The van der Waals surface area contributed by atoms with E-state index in [4.69, 9.17) is 0 Å². The summed E-state index contributed by atoms with van der Waals surface area (Å²) in [7, 11) is 0. The minimum Gasteiger partial charge on any atom is -0.393 e. The average molecular weight is 211 g/mol. The molecular formula is C13H25NO. The van der Waals surface area contributed by atoms with Gasteiger partial charge in [0.25, 0.3) is 0 Å². The van der Waals surface area contributed by atoms with Gasteiger partial charge in [-0.3, -0.25) is 0 Å². The lowest BCUT2D eigenvalue weighted by Gasteiger charge is -2.32. The molecule has 0 aromatic heterocycles. The average Bonchev–Trinajstić information content (AvgIpc) is 2.50. The Kier molecular flexibility index (Phi) is 4.45. The fraction of sp³-hybridized carbons (Fsp3) is 1.00. The number of nitrogens with zero attached hydrogens (tertiary/aromatic N) is 1. The monoisotopic (exact) mass is 211 g/mol. The van der Waals surface area contributed by atoms with Gasteiger partial charge in [-0.2, -0.15) is 0 Å². The maximum absolute atomic E-state index is 9.94. The molecule has 2 fully saturated rings. The van der Waals surface area contributed by atoms with Crippen LogP contribution in [-0.2, 0) is 0 Å². The summed E-state index contributed by atoms with van der Waals surface area (Å²) < 4.78 is 0. The first-order chi connectivity index (χ1) is 7.36. The Bertz CT molecular complexity index is 175. The molecular weight excluding hydrogens is 186 g/mol. The summed E-state index contributed by atoms with van der Waals surface area (Å²) in [5, 5.41) is 9.94. The number of likely N-dealkylation sites (tertiary alicyclic amines) is 1. The van der Waals surface area contributed by atoms with Gasteiger partial charge >= 0.3 is 0 Å². The number of hydrogen-bond acceptors (Lipinski definition) is 2. The molecule has 0 bridgehead atoms. The van der Waals surface area contributed by atoms with E-state index in [1.165, 1.54) is 58.0 Å². The van der Waals surface area contributed by atoms with Crippen molar-refractivity contribution >= 4 is 0 Å². The molecule has 2 rings (SSSR count). The van der Waals surface area contributed by atoms with E-state index in [0.717, 1.165) is 13.0 Å². The second-order valence-corrected chi connectivity index (χ2v) is 5.33. The van der Waals surface area contributed by atoms with Crippen LogP contribution in [0.4, 0.5) is 0 Å². The third kappa shape index (κ3) is 3.46. The van der Waals surface area contributed by atoms with Crippen molar-refractivity contribution in [3.63, 3.8) is 0 Å². The predicted molar refractivity (Wildman–Crippen MR) is 62.9 cm³/mol. The number of aliphatic hydroxyl groups excluding tert-OH is 1. The van der Waals surface area contributed by atoms with E-state index >= 15 is 0 Å². The lowest BCUT2D eigenvalue weighted by atomic mass is 9.86. The molecule has 88 valence electrons. The molecule has 1 saturated heterocycles. The molecule has 2 atom stereocenters. The van der Waals surface area contributed by atoms with E-state index < -0.39 is 0 Å². The van der Waals surface area contributed by atoms with Crippen molar-refractivity contribution in [3.05, 3.63) is 0 Å². The fourth-order valence-electron chi connectivity index (χ4n) is 3.05. The Hall–Kier alpha value is -0.0800. The van der Waals surface area contributed by atoms with Crippen LogP contribution in [-0.4, -0.2) is 35.7 Å². The van der Waals surface area contributed by atoms with Crippen molar-refractivity contribution in [2.75, 3.05) is 19.6 Å². The van der Waals surface area contributed by atoms with Crippen LogP contribution in [0.2, 0.25) is 0 Å². The van der Waals surface area contributed by atoms with E-state index in [-0.39, 0.29) is 6.10 Å². The smallest absolute Gasteiger partial charge is 0.0580 e. The van der Waals surface area contributed by atoms with Crippen molar-refractivity contribution in [1.82, 2.24) is 4.90 Å². The highest BCUT2D eigenvalue weighted by molar-refractivity contribution is 4.78. The number of aliphatic hydroxyl groups is 1.